The summed E-state index contributed by atoms with van der Waals surface area (Å²) in [4.78, 5) is 14.8. The molecule has 28 heavy (non-hydrogen) atoms. The van der Waals surface area contributed by atoms with Crippen molar-refractivity contribution < 1.29 is 10.0 Å². The number of rotatable bonds is 5. The van der Waals surface area contributed by atoms with E-state index in [1.165, 1.54) is 12.1 Å². The third-order valence-electron chi connectivity index (χ3n) is 4.61. The summed E-state index contributed by atoms with van der Waals surface area (Å²) in [5.74, 6) is 0.112. The molecule has 1 aromatic heterocycles. The maximum atomic E-state index is 10.9. The van der Waals surface area contributed by atoms with E-state index in [-0.39, 0.29) is 17.5 Å². The lowest BCUT2D eigenvalue weighted by atomic mass is 9.96. The first-order valence-electron chi connectivity index (χ1n) is 8.76. The molecule has 2 N–H and O–H groups in total. The van der Waals surface area contributed by atoms with E-state index in [9.17, 15) is 15.2 Å². The molecule has 0 saturated carbocycles. The number of aromatic nitrogens is 1. The number of non-ortho nitro benzene ring substituents is 1. The van der Waals surface area contributed by atoms with Gasteiger partial charge in [0.05, 0.1) is 11.0 Å². The zero-order valence-electron chi connectivity index (χ0n) is 14.8. The quantitative estimate of drug-likeness (QED) is 0.378. The van der Waals surface area contributed by atoms with Gasteiger partial charge in [0.15, 0.2) is 0 Å². The molecular weight excluding hydrogens is 354 g/mol. The molecule has 0 amide bonds. The van der Waals surface area contributed by atoms with E-state index in [2.05, 4.69) is 10.3 Å². The van der Waals surface area contributed by atoms with Gasteiger partial charge in [-0.25, -0.2) is 0 Å². The Kier molecular flexibility index (Phi) is 4.60. The number of aromatic hydroxyl groups is 1. The highest BCUT2D eigenvalue weighted by Crippen LogP contribution is 2.36. The van der Waals surface area contributed by atoms with Crippen molar-refractivity contribution >= 4 is 22.3 Å². The SMILES string of the molecule is O=[N+]([O-])c1ccc(N[C@H](c2ccccc2)c2ccc3cccnc3c2O)cc1. The van der Waals surface area contributed by atoms with Crippen molar-refractivity contribution in [2.75, 3.05) is 5.32 Å². The van der Waals surface area contributed by atoms with Crippen molar-refractivity contribution in [3.05, 3.63) is 106 Å². The van der Waals surface area contributed by atoms with Gasteiger partial charge in [-0.1, -0.05) is 48.5 Å². The Hall–Kier alpha value is -3.93. The molecular formula is C22H17N3O3. The second-order valence-corrected chi connectivity index (χ2v) is 6.37. The van der Waals surface area contributed by atoms with Crippen molar-refractivity contribution in [3.63, 3.8) is 0 Å². The summed E-state index contributed by atoms with van der Waals surface area (Å²) in [6, 6.07) is 23.1. The number of hydrogen-bond donors (Lipinski definition) is 2. The fraction of sp³-hybridized carbons (Fsp3) is 0.0455. The van der Waals surface area contributed by atoms with E-state index in [1.54, 1.807) is 18.3 Å². The van der Waals surface area contributed by atoms with Gasteiger partial charge in [-0.15, -0.1) is 0 Å². The Balaban J connectivity index is 1.78. The van der Waals surface area contributed by atoms with Gasteiger partial charge >= 0.3 is 0 Å². The van der Waals surface area contributed by atoms with Crippen LogP contribution < -0.4 is 5.32 Å². The number of anilines is 1. The lowest BCUT2D eigenvalue weighted by molar-refractivity contribution is -0.384. The number of pyridine rings is 1. The van der Waals surface area contributed by atoms with Crippen molar-refractivity contribution in [2.45, 2.75) is 6.04 Å². The third kappa shape index (κ3) is 3.35. The number of nitro benzene ring substituents is 1. The largest absolute Gasteiger partial charge is 0.505 e. The van der Waals surface area contributed by atoms with Crippen LogP contribution in [0.2, 0.25) is 0 Å². The van der Waals surface area contributed by atoms with Gasteiger partial charge in [-0.05, 0) is 23.8 Å². The third-order valence-corrected chi connectivity index (χ3v) is 4.61. The van der Waals surface area contributed by atoms with Gasteiger partial charge in [-0.3, -0.25) is 15.1 Å². The highest BCUT2D eigenvalue weighted by Gasteiger charge is 2.20. The number of phenolic OH excluding ortho intramolecular Hbond substituents is 1. The number of hydrogen-bond acceptors (Lipinski definition) is 5. The molecule has 3 aromatic carbocycles. The Morgan fingerprint density at radius 2 is 1.68 bits per heavy atom. The molecule has 0 radical (unpaired) electrons. The fourth-order valence-electron chi connectivity index (χ4n) is 3.21. The highest BCUT2D eigenvalue weighted by atomic mass is 16.6. The Labute approximate surface area is 161 Å². The molecule has 0 aliphatic heterocycles. The minimum absolute atomic E-state index is 0.0274. The first kappa shape index (κ1) is 17.5. The zero-order valence-corrected chi connectivity index (χ0v) is 14.8. The number of fused-ring (bicyclic) bond motifs is 1. The molecule has 0 bridgehead atoms. The van der Waals surface area contributed by atoms with Crippen molar-refractivity contribution in [1.29, 1.82) is 0 Å². The predicted molar refractivity (Wildman–Crippen MR) is 108 cm³/mol. The number of nitro groups is 1. The monoisotopic (exact) mass is 371 g/mol. The minimum atomic E-state index is -0.431. The summed E-state index contributed by atoms with van der Waals surface area (Å²) in [6.45, 7) is 0. The van der Waals surface area contributed by atoms with Crippen LogP contribution in [0.5, 0.6) is 5.75 Å². The van der Waals surface area contributed by atoms with Crippen LogP contribution in [0.15, 0.2) is 85.1 Å². The molecule has 1 atom stereocenters. The molecule has 0 aliphatic rings. The Morgan fingerprint density at radius 1 is 0.929 bits per heavy atom. The van der Waals surface area contributed by atoms with Gasteiger partial charge in [0, 0.05) is 35.0 Å². The second kappa shape index (κ2) is 7.36. The number of benzene rings is 3. The van der Waals surface area contributed by atoms with Gasteiger partial charge in [0.25, 0.3) is 5.69 Å². The van der Waals surface area contributed by atoms with E-state index in [4.69, 9.17) is 0 Å². The van der Waals surface area contributed by atoms with Crippen LogP contribution in [0.1, 0.15) is 17.2 Å². The topological polar surface area (TPSA) is 88.3 Å². The van der Waals surface area contributed by atoms with E-state index in [0.29, 0.717) is 16.8 Å². The van der Waals surface area contributed by atoms with Crippen LogP contribution in [-0.2, 0) is 0 Å². The van der Waals surface area contributed by atoms with Crippen molar-refractivity contribution in [3.8, 4) is 5.75 Å². The van der Waals surface area contributed by atoms with Crippen LogP contribution in [0, 0.1) is 10.1 Å². The molecule has 0 aliphatic carbocycles. The zero-order chi connectivity index (χ0) is 19.5. The molecule has 0 spiro atoms. The first-order chi connectivity index (χ1) is 13.6. The summed E-state index contributed by atoms with van der Waals surface area (Å²) in [7, 11) is 0. The summed E-state index contributed by atoms with van der Waals surface area (Å²) >= 11 is 0. The average Bonchev–Trinajstić information content (AvgIpc) is 2.74. The molecule has 0 saturated heterocycles. The van der Waals surface area contributed by atoms with Crippen molar-refractivity contribution in [1.82, 2.24) is 4.98 Å². The molecule has 6 nitrogen and oxygen atoms in total. The Morgan fingerprint density at radius 3 is 2.39 bits per heavy atom. The lowest BCUT2D eigenvalue weighted by Gasteiger charge is -2.22. The highest BCUT2D eigenvalue weighted by molar-refractivity contribution is 5.86. The van der Waals surface area contributed by atoms with E-state index >= 15 is 0 Å². The fourth-order valence-corrected chi connectivity index (χ4v) is 3.21. The summed E-state index contributed by atoms with van der Waals surface area (Å²) in [5.41, 5.74) is 2.90. The minimum Gasteiger partial charge on any atom is -0.505 e. The van der Waals surface area contributed by atoms with E-state index in [1.807, 2.05) is 54.6 Å². The van der Waals surface area contributed by atoms with Gasteiger partial charge < -0.3 is 10.4 Å². The van der Waals surface area contributed by atoms with Gasteiger partial charge in [0.1, 0.15) is 11.3 Å². The summed E-state index contributed by atoms with van der Waals surface area (Å²) in [6.07, 6.45) is 1.65. The second-order valence-electron chi connectivity index (χ2n) is 6.37. The number of nitrogens with one attached hydrogen (secondary N) is 1. The predicted octanol–water partition coefficient (Wildman–Crippen LogP) is 5.05. The van der Waals surface area contributed by atoms with E-state index < -0.39 is 4.92 Å². The Bertz CT molecular complexity index is 1130. The smallest absolute Gasteiger partial charge is 0.269 e. The molecule has 4 aromatic rings. The first-order valence-corrected chi connectivity index (χ1v) is 8.76. The van der Waals surface area contributed by atoms with Crippen LogP contribution >= 0.6 is 0 Å². The average molecular weight is 371 g/mol. The van der Waals surface area contributed by atoms with Crippen LogP contribution in [0.25, 0.3) is 10.9 Å². The maximum Gasteiger partial charge on any atom is 0.269 e. The van der Waals surface area contributed by atoms with Gasteiger partial charge in [-0.2, -0.15) is 0 Å². The van der Waals surface area contributed by atoms with Crippen LogP contribution in [0.3, 0.4) is 0 Å². The molecule has 6 heteroatoms. The van der Waals surface area contributed by atoms with Crippen LogP contribution in [0.4, 0.5) is 11.4 Å². The number of nitrogens with zero attached hydrogens (tertiary/aromatic N) is 2. The van der Waals surface area contributed by atoms with E-state index in [0.717, 1.165) is 10.9 Å². The molecule has 0 unspecified atom stereocenters. The molecule has 4 rings (SSSR count). The summed E-state index contributed by atoms with van der Waals surface area (Å²) in [5, 5.41) is 26.0. The number of phenols is 1. The molecule has 1 heterocycles. The molecule has 138 valence electrons. The summed E-state index contributed by atoms with van der Waals surface area (Å²) < 4.78 is 0. The molecule has 0 fully saturated rings. The van der Waals surface area contributed by atoms with Crippen LogP contribution in [-0.4, -0.2) is 15.0 Å². The lowest BCUT2D eigenvalue weighted by Crippen LogP contribution is -2.12. The standard InChI is InChI=1S/C22H17N3O3/c26-22-19(13-8-16-7-4-14-23-21(16)22)20(15-5-2-1-3-6-15)24-17-9-11-18(12-10-17)25(27)28/h1-14,20,24,26H/t20-/m1/s1. The van der Waals surface area contributed by atoms with Gasteiger partial charge in [0.2, 0.25) is 0 Å². The van der Waals surface area contributed by atoms with Crippen molar-refractivity contribution in [2.24, 2.45) is 0 Å². The maximum absolute atomic E-state index is 10.9. The normalized spacial score (nSPS) is 11.9.